The normalized spacial score (nSPS) is 34.2. The van der Waals surface area contributed by atoms with Crippen molar-refractivity contribution in [3.63, 3.8) is 0 Å². The van der Waals surface area contributed by atoms with Crippen molar-refractivity contribution in [1.82, 2.24) is 10.2 Å². The third-order valence-electron chi connectivity index (χ3n) is 5.74. The fourth-order valence-electron chi connectivity index (χ4n) is 4.59. The molecule has 1 heterocycles. The van der Waals surface area contributed by atoms with Crippen LogP contribution < -0.4 is 5.32 Å². The summed E-state index contributed by atoms with van der Waals surface area (Å²) in [6.45, 7) is 4.95. The van der Waals surface area contributed by atoms with Crippen molar-refractivity contribution >= 4 is 0 Å². The summed E-state index contributed by atoms with van der Waals surface area (Å²) in [5.41, 5.74) is 0.493. The summed E-state index contributed by atoms with van der Waals surface area (Å²) in [5, 5.41) is 3.95. The highest BCUT2D eigenvalue weighted by atomic mass is 15.3. The summed E-state index contributed by atoms with van der Waals surface area (Å²) in [6, 6.07) is 1.72. The van der Waals surface area contributed by atoms with Crippen LogP contribution in [0.5, 0.6) is 0 Å². The Bertz CT molecular complexity index is 262. The highest BCUT2D eigenvalue weighted by Crippen LogP contribution is 2.35. The standard InChI is InChI=1S/C16H30N2/c1-2-14-12-17-16(10-6-3-7-11-16)13-18(14)15-8-4-5-9-15/h14-15,17H,2-13H2,1H3. The maximum absolute atomic E-state index is 3.95. The summed E-state index contributed by atoms with van der Waals surface area (Å²) >= 11 is 0. The Morgan fingerprint density at radius 2 is 1.78 bits per heavy atom. The molecule has 1 spiro atoms. The van der Waals surface area contributed by atoms with E-state index in [9.17, 15) is 0 Å². The Morgan fingerprint density at radius 3 is 2.44 bits per heavy atom. The van der Waals surface area contributed by atoms with Crippen LogP contribution in [0.1, 0.15) is 71.1 Å². The van der Waals surface area contributed by atoms with Gasteiger partial charge in [0.2, 0.25) is 0 Å². The zero-order valence-corrected chi connectivity index (χ0v) is 12.1. The highest BCUT2D eigenvalue weighted by Gasteiger charge is 2.41. The van der Waals surface area contributed by atoms with Gasteiger partial charge in [-0.05, 0) is 32.1 Å². The van der Waals surface area contributed by atoms with E-state index in [4.69, 9.17) is 0 Å². The van der Waals surface area contributed by atoms with Crippen LogP contribution >= 0.6 is 0 Å². The second-order valence-corrected chi connectivity index (χ2v) is 6.89. The monoisotopic (exact) mass is 250 g/mol. The number of piperazine rings is 1. The smallest absolute Gasteiger partial charge is 0.0309 e. The molecule has 1 atom stereocenters. The van der Waals surface area contributed by atoms with Crippen LogP contribution in [0.25, 0.3) is 0 Å². The first kappa shape index (κ1) is 12.9. The summed E-state index contributed by atoms with van der Waals surface area (Å²) in [7, 11) is 0. The summed E-state index contributed by atoms with van der Waals surface area (Å²) in [6.07, 6.45) is 14.4. The van der Waals surface area contributed by atoms with Gasteiger partial charge in [-0.25, -0.2) is 0 Å². The molecule has 3 rings (SSSR count). The summed E-state index contributed by atoms with van der Waals surface area (Å²) < 4.78 is 0. The summed E-state index contributed by atoms with van der Waals surface area (Å²) in [5.74, 6) is 0. The average molecular weight is 250 g/mol. The third kappa shape index (κ3) is 2.46. The number of nitrogens with one attached hydrogen (secondary N) is 1. The molecule has 0 aromatic carbocycles. The Hall–Kier alpha value is -0.0800. The minimum Gasteiger partial charge on any atom is -0.308 e. The summed E-state index contributed by atoms with van der Waals surface area (Å²) in [4.78, 5) is 2.91. The molecular weight excluding hydrogens is 220 g/mol. The topological polar surface area (TPSA) is 15.3 Å². The van der Waals surface area contributed by atoms with Gasteiger partial charge in [-0.2, -0.15) is 0 Å². The lowest BCUT2D eigenvalue weighted by atomic mass is 9.78. The fraction of sp³-hybridized carbons (Fsp3) is 1.00. The second-order valence-electron chi connectivity index (χ2n) is 6.89. The van der Waals surface area contributed by atoms with Crippen molar-refractivity contribution in [1.29, 1.82) is 0 Å². The van der Waals surface area contributed by atoms with Crippen LogP contribution in [0.4, 0.5) is 0 Å². The van der Waals surface area contributed by atoms with Gasteiger partial charge in [0.15, 0.2) is 0 Å². The molecule has 1 aliphatic heterocycles. The van der Waals surface area contributed by atoms with Crippen molar-refractivity contribution in [2.75, 3.05) is 13.1 Å². The van der Waals surface area contributed by atoms with Crippen molar-refractivity contribution in [2.24, 2.45) is 0 Å². The van der Waals surface area contributed by atoms with Gasteiger partial charge in [0.25, 0.3) is 0 Å². The van der Waals surface area contributed by atoms with E-state index >= 15 is 0 Å². The van der Waals surface area contributed by atoms with Crippen molar-refractivity contribution in [3.8, 4) is 0 Å². The largest absolute Gasteiger partial charge is 0.308 e. The fourth-order valence-corrected chi connectivity index (χ4v) is 4.59. The molecule has 0 amide bonds. The van der Waals surface area contributed by atoms with Gasteiger partial charge in [-0.3, -0.25) is 4.90 Å². The molecule has 2 saturated carbocycles. The van der Waals surface area contributed by atoms with Crippen LogP contribution in [0.3, 0.4) is 0 Å². The van der Waals surface area contributed by atoms with E-state index in [1.165, 1.54) is 77.3 Å². The number of hydrogen-bond acceptors (Lipinski definition) is 2. The van der Waals surface area contributed by atoms with E-state index in [2.05, 4.69) is 17.1 Å². The van der Waals surface area contributed by atoms with Gasteiger partial charge in [0, 0.05) is 30.7 Å². The van der Waals surface area contributed by atoms with Crippen molar-refractivity contribution < 1.29 is 0 Å². The molecule has 1 N–H and O–H groups in total. The molecule has 104 valence electrons. The van der Waals surface area contributed by atoms with Crippen LogP contribution in [0.2, 0.25) is 0 Å². The van der Waals surface area contributed by atoms with Crippen LogP contribution in [0.15, 0.2) is 0 Å². The average Bonchev–Trinajstić information content (AvgIpc) is 2.93. The Labute approximate surface area is 113 Å². The molecule has 2 nitrogen and oxygen atoms in total. The van der Waals surface area contributed by atoms with E-state index in [0.717, 1.165) is 12.1 Å². The Kier molecular flexibility index (Phi) is 3.95. The molecule has 0 radical (unpaired) electrons. The lowest BCUT2D eigenvalue weighted by Gasteiger charge is -2.51. The predicted octanol–water partition coefficient (Wildman–Crippen LogP) is 3.32. The van der Waals surface area contributed by atoms with Gasteiger partial charge in [-0.15, -0.1) is 0 Å². The van der Waals surface area contributed by atoms with E-state index in [1.54, 1.807) is 0 Å². The maximum Gasteiger partial charge on any atom is 0.0309 e. The Morgan fingerprint density at radius 1 is 1.06 bits per heavy atom. The van der Waals surface area contributed by atoms with Crippen LogP contribution in [-0.2, 0) is 0 Å². The molecule has 1 unspecified atom stereocenters. The zero-order valence-electron chi connectivity index (χ0n) is 12.1. The second kappa shape index (κ2) is 5.50. The van der Waals surface area contributed by atoms with Crippen LogP contribution in [0, 0.1) is 0 Å². The zero-order chi connectivity index (χ0) is 12.4. The maximum atomic E-state index is 3.95. The van der Waals surface area contributed by atoms with E-state index in [0.29, 0.717) is 5.54 Å². The van der Waals surface area contributed by atoms with Gasteiger partial charge >= 0.3 is 0 Å². The first-order chi connectivity index (χ1) is 8.83. The SMILES string of the molecule is CCC1CNC2(CCCCC2)CN1C1CCCC1. The van der Waals surface area contributed by atoms with Crippen molar-refractivity contribution in [3.05, 3.63) is 0 Å². The number of nitrogens with zero attached hydrogens (tertiary/aromatic N) is 1. The highest BCUT2D eigenvalue weighted by molar-refractivity contribution is 5.01. The lowest BCUT2D eigenvalue weighted by Crippen LogP contribution is -2.66. The number of hydrogen-bond donors (Lipinski definition) is 1. The molecule has 0 bridgehead atoms. The minimum atomic E-state index is 0.493. The molecule has 2 aliphatic carbocycles. The molecule has 0 aromatic rings. The van der Waals surface area contributed by atoms with Gasteiger partial charge in [0.1, 0.15) is 0 Å². The van der Waals surface area contributed by atoms with E-state index in [-0.39, 0.29) is 0 Å². The predicted molar refractivity (Wildman–Crippen MR) is 76.9 cm³/mol. The molecule has 0 aromatic heterocycles. The molecule has 1 saturated heterocycles. The molecule has 3 aliphatic rings. The van der Waals surface area contributed by atoms with Gasteiger partial charge in [-0.1, -0.05) is 39.0 Å². The Balaban J connectivity index is 1.71. The van der Waals surface area contributed by atoms with Crippen molar-refractivity contribution in [2.45, 2.75) is 88.8 Å². The molecule has 18 heavy (non-hydrogen) atoms. The first-order valence-corrected chi connectivity index (χ1v) is 8.34. The van der Waals surface area contributed by atoms with E-state index < -0.39 is 0 Å². The molecule has 3 fully saturated rings. The van der Waals surface area contributed by atoms with Gasteiger partial charge in [0.05, 0.1) is 0 Å². The van der Waals surface area contributed by atoms with Crippen LogP contribution in [-0.4, -0.2) is 35.6 Å². The molecule has 2 heteroatoms. The van der Waals surface area contributed by atoms with E-state index in [1.807, 2.05) is 0 Å². The molecular formula is C16H30N2. The van der Waals surface area contributed by atoms with Gasteiger partial charge < -0.3 is 5.32 Å². The third-order valence-corrected chi connectivity index (χ3v) is 5.74. The number of rotatable bonds is 2. The lowest BCUT2D eigenvalue weighted by molar-refractivity contribution is 0.0242. The first-order valence-electron chi connectivity index (χ1n) is 8.34. The quantitative estimate of drug-likeness (QED) is 0.809. The minimum absolute atomic E-state index is 0.493.